The van der Waals surface area contributed by atoms with Crippen molar-refractivity contribution in [2.45, 2.75) is 37.2 Å². The normalized spacial score (nSPS) is 15.7. The van der Waals surface area contributed by atoms with Crippen LogP contribution in [0.5, 0.6) is 0 Å². The molecule has 3 rings (SSSR count). The van der Waals surface area contributed by atoms with E-state index in [4.69, 9.17) is 16.3 Å². The van der Waals surface area contributed by atoms with Crippen LogP contribution in [0.25, 0.3) is 0 Å². The van der Waals surface area contributed by atoms with Crippen molar-refractivity contribution < 1.29 is 22.3 Å². The smallest absolute Gasteiger partial charge is 0.306 e. The van der Waals surface area contributed by atoms with Gasteiger partial charge < -0.3 is 4.74 Å². The van der Waals surface area contributed by atoms with E-state index in [0.29, 0.717) is 36.3 Å². The van der Waals surface area contributed by atoms with Gasteiger partial charge in [0.2, 0.25) is 0 Å². The molecule has 29 heavy (non-hydrogen) atoms. The number of rotatable bonds is 8. The minimum Gasteiger partial charge on any atom is -0.461 e. The number of hydrogen-bond donors (Lipinski definition) is 1. The lowest BCUT2D eigenvalue weighted by molar-refractivity contribution is -0.145. The van der Waals surface area contributed by atoms with Crippen LogP contribution >= 0.6 is 11.6 Å². The van der Waals surface area contributed by atoms with Crippen molar-refractivity contribution >= 4 is 33.4 Å². The molecule has 0 fully saturated rings. The Balaban J connectivity index is 1.37. The summed E-state index contributed by atoms with van der Waals surface area (Å²) in [6.07, 6.45) is 2.34. The number of carbonyl (C=O) groups excluding carboxylic acids is 1. The van der Waals surface area contributed by atoms with Gasteiger partial charge >= 0.3 is 5.97 Å². The van der Waals surface area contributed by atoms with E-state index in [1.165, 1.54) is 18.2 Å². The molecular weight excluding hydrogens is 419 g/mol. The molecule has 0 spiro atoms. The summed E-state index contributed by atoms with van der Waals surface area (Å²) in [4.78, 5) is 16.4. The Morgan fingerprint density at radius 1 is 1.14 bits per heavy atom. The number of nitrogens with one attached hydrogen (secondary N) is 1. The number of unbranched alkanes of at least 4 members (excludes halogenated alkanes) is 2. The maximum Gasteiger partial charge on any atom is 0.306 e. The highest BCUT2D eigenvalue weighted by Gasteiger charge is 2.29. The highest BCUT2D eigenvalue weighted by molar-refractivity contribution is 7.90. The Bertz CT molecular complexity index is 1040. The molecule has 0 amide bonds. The van der Waals surface area contributed by atoms with Crippen molar-refractivity contribution in [1.82, 2.24) is 4.72 Å². The fraction of sp³-hybridized carbons (Fsp3) is 0.300. The number of ether oxygens (including phenoxy) is 1. The number of fused-ring (bicyclic) bond motifs is 1. The van der Waals surface area contributed by atoms with Crippen LogP contribution in [0.1, 0.15) is 36.8 Å². The molecule has 9 heteroatoms. The van der Waals surface area contributed by atoms with E-state index in [2.05, 4.69) is 9.71 Å². The van der Waals surface area contributed by atoms with Gasteiger partial charge in [-0.1, -0.05) is 36.2 Å². The molecule has 0 saturated heterocycles. The molecular formula is C20H20ClFN2O4S. The average molecular weight is 439 g/mol. The number of amidine groups is 1. The lowest BCUT2D eigenvalue weighted by Crippen LogP contribution is -2.22. The molecule has 1 heterocycles. The van der Waals surface area contributed by atoms with Gasteiger partial charge in [-0.15, -0.1) is 0 Å². The fourth-order valence-electron chi connectivity index (χ4n) is 2.87. The Hall–Kier alpha value is -2.45. The van der Waals surface area contributed by atoms with E-state index in [1.54, 1.807) is 24.3 Å². The third kappa shape index (κ3) is 5.55. The Morgan fingerprint density at radius 3 is 2.72 bits per heavy atom. The lowest BCUT2D eigenvalue weighted by Gasteiger charge is -2.06. The fourth-order valence-corrected chi connectivity index (χ4v) is 4.34. The molecule has 0 bridgehead atoms. The van der Waals surface area contributed by atoms with Gasteiger partial charge in [0, 0.05) is 24.1 Å². The van der Waals surface area contributed by atoms with Crippen LogP contribution in [0.15, 0.2) is 52.4 Å². The number of aliphatic imine (C=N–C) groups is 1. The van der Waals surface area contributed by atoms with E-state index in [-0.39, 0.29) is 28.9 Å². The summed E-state index contributed by atoms with van der Waals surface area (Å²) in [5, 5.41) is 0.223. The summed E-state index contributed by atoms with van der Waals surface area (Å²) in [6.45, 7) is 0.456. The molecule has 0 aromatic heterocycles. The predicted molar refractivity (Wildman–Crippen MR) is 108 cm³/mol. The van der Waals surface area contributed by atoms with E-state index >= 15 is 0 Å². The highest BCUT2D eigenvalue weighted by atomic mass is 35.5. The number of sulfonamides is 1. The molecule has 0 aliphatic carbocycles. The van der Waals surface area contributed by atoms with E-state index < -0.39 is 15.8 Å². The Labute approximate surface area is 173 Å². The minimum atomic E-state index is -3.52. The quantitative estimate of drug-likeness (QED) is 0.501. The number of nitrogens with zero attached hydrogens (tertiary/aromatic N) is 1. The first-order chi connectivity index (χ1) is 13.9. The van der Waals surface area contributed by atoms with Crippen molar-refractivity contribution in [3.8, 4) is 0 Å². The molecule has 1 aliphatic heterocycles. The second-order valence-electron chi connectivity index (χ2n) is 6.54. The van der Waals surface area contributed by atoms with Crippen LogP contribution in [-0.2, 0) is 26.2 Å². The molecule has 2 aromatic rings. The molecule has 1 N–H and O–H groups in total. The predicted octanol–water partition coefficient (Wildman–Crippen LogP) is 3.82. The maximum atomic E-state index is 13.0. The molecule has 154 valence electrons. The van der Waals surface area contributed by atoms with Crippen LogP contribution in [0, 0.1) is 5.82 Å². The van der Waals surface area contributed by atoms with E-state index in [1.807, 2.05) is 0 Å². The van der Waals surface area contributed by atoms with Crippen LogP contribution in [0.3, 0.4) is 0 Å². The molecule has 0 radical (unpaired) electrons. The standard InChI is InChI=1S/C20H20ClFN2O4S/c21-17-12-15(22)10-9-14(17)13-28-19(25)8-2-1-5-11-23-20-16-6-3-4-7-18(16)29(26,27)24-20/h3-4,6-7,9-10,12H,1-2,5,8,11,13H2,(H,23,24). The Morgan fingerprint density at radius 2 is 1.93 bits per heavy atom. The summed E-state index contributed by atoms with van der Waals surface area (Å²) in [5.74, 6) is -0.437. The first-order valence-electron chi connectivity index (χ1n) is 9.13. The second kappa shape index (κ2) is 9.37. The van der Waals surface area contributed by atoms with Crippen molar-refractivity contribution in [2.75, 3.05) is 6.54 Å². The van der Waals surface area contributed by atoms with Gasteiger partial charge in [0.05, 0.1) is 9.92 Å². The van der Waals surface area contributed by atoms with Crippen molar-refractivity contribution in [3.05, 3.63) is 64.4 Å². The lowest BCUT2D eigenvalue weighted by atomic mass is 10.2. The van der Waals surface area contributed by atoms with Gasteiger partial charge in [-0.25, -0.2) is 12.8 Å². The maximum absolute atomic E-state index is 13.0. The topological polar surface area (TPSA) is 84.8 Å². The highest BCUT2D eigenvalue weighted by Crippen LogP contribution is 2.22. The molecule has 1 aliphatic rings. The van der Waals surface area contributed by atoms with Crippen molar-refractivity contribution in [3.63, 3.8) is 0 Å². The number of carbonyl (C=O) groups is 1. The zero-order valence-electron chi connectivity index (χ0n) is 15.5. The third-order valence-corrected chi connectivity index (χ3v) is 6.12. The summed E-state index contributed by atoms with van der Waals surface area (Å²) >= 11 is 5.89. The van der Waals surface area contributed by atoms with Gasteiger partial charge in [-0.3, -0.25) is 14.5 Å². The van der Waals surface area contributed by atoms with Crippen LogP contribution in [0.2, 0.25) is 5.02 Å². The SMILES string of the molecule is O=C(CCCCCN=C1NS(=O)(=O)c2ccccc21)OCc1ccc(F)cc1Cl. The Kier molecular flexibility index (Phi) is 6.87. The van der Waals surface area contributed by atoms with Gasteiger partial charge in [0.25, 0.3) is 10.0 Å². The van der Waals surface area contributed by atoms with Crippen molar-refractivity contribution in [2.24, 2.45) is 4.99 Å². The zero-order chi connectivity index (χ0) is 20.9. The van der Waals surface area contributed by atoms with Crippen molar-refractivity contribution in [1.29, 1.82) is 0 Å². The zero-order valence-corrected chi connectivity index (χ0v) is 17.1. The van der Waals surface area contributed by atoms with E-state index in [0.717, 1.165) is 6.42 Å². The number of benzene rings is 2. The van der Waals surface area contributed by atoms with E-state index in [9.17, 15) is 17.6 Å². The van der Waals surface area contributed by atoms with Crippen LogP contribution in [0.4, 0.5) is 4.39 Å². The largest absolute Gasteiger partial charge is 0.461 e. The average Bonchev–Trinajstić information content (AvgIpc) is 2.94. The monoisotopic (exact) mass is 438 g/mol. The first kappa shape index (κ1) is 21.3. The molecule has 0 saturated carbocycles. The van der Waals surface area contributed by atoms with Gasteiger partial charge in [-0.05, 0) is 37.1 Å². The molecule has 6 nitrogen and oxygen atoms in total. The molecule has 2 aromatic carbocycles. The minimum absolute atomic E-state index is 0.00511. The third-order valence-electron chi connectivity index (χ3n) is 4.38. The van der Waals surface area contributed by atoms with Crippen LogP contribution < -0.4 is 4.72 Å². The first-order valence-corrected chi connectivity index (χ1v) is 11.0. The van der Waals surface area contributed by atoms with Gasteiger partial charge in [0.1, 0.15) is 18.3 Å². The number of esters is 1. The summed E-state index contributed by atoms with van der Waals surface area (Å²) in [7, 11) is -3.52. The van der Waals surface area contributed by atoms with Gasteiger partial charge in [-0.2, -0.15) is 0 Å². The van der Waals surface area contributed by atoms with Crippen LogP contribution in [-0.4, -0.2) is 26.8 Å². The number of hydrogen-bond acceptors (Lipinski definition) is 5. The summed E-state index contributed by atoms with van der Waals surface area (Å²) in [6, 6.07) is 10.6. The number of halogens is 2. The summed E-state index contributed by atoms with van der Waals surface area (Å²) < 4.78 is 44.6. The molecule has 0 unspecified atom stereocenters. The second-order valence-corrected chi connectivity index (χ2v) is 8.60. The molecule has 0 atom stereocenters. The van der Waals surface area contributed by atoms with Gasteiger partial charge in [0.15, 0.2) is 0 Å². The summed E-state index contributed by atoms with van der Waals surface area (Å²) in [5.41, 5.74) is 1.13.